The first-order valence-corrected chi connectivity index (χ1v) is 5.68. The summed E-state index contributed by atoms with van der Waals surface area (Å²) in [6.45, 7) is 2.30. The average Bonchev–Trinajstić information content (AvgIpc) is 2.72. The summed E-state index contributed by atoms with van der Waals surface area (Å²) in [7, 11) is 0. The molecule has 0 saturated carbocycles. The summed E-state index contributed by atoms with van der Waals surface area (Å²) in [5.41, 5.74) is 6.05. The van der Waals surface area contributed by atoms with Crippen LogP contribution in [0.25, 0.3) is 0 Å². The van der Waals surface area contributed by atoms with Gasteiger partial charge in [-0.25, -0.2) is 9.18 Å². The molecule has 0 aliphatic carbocycles. The molecule has 1 aliphatic heterocycles. The fraction of sp³-hybridized carbons (Fsp3) is 0.417. The van der Waals surface area contributed by atoms with Gasteiger partial charge in [-0.1, -0.05) is 6.07 Å². The summed E-state index contributed by atoms with van der Waals surface area (Å²) in [6, 6.07) is 4.15. The Labute approximate surface area is 104 Å². The first-order chi connectivity index (χ1) is 8.56. The molecule has 1 aromatic carbocycles. The lowest BCUT2D eigenvalue weighted by Gasteiger charge is -2.12. The third-order valence-corrected chi connectivity index (χ3v) is 2.65. The van der Waals surface area contributed by atoms with Gasteiger partial charge in [-0.05, 0) is 13.0 Å². The van der Waals surface area contributed by atoms with E-state index in [-0.39, 0.29) is 18.8 Å². The first-order valence-electron chi connectivity index (χ1n) is 5.68. The molecular formula is C12H15FN2O3. The fourth-order valence-corrected chi connectivity index (χ4v) is 1.68. The summed E-state index contributed by atoms with van der Waals surface area (Å²) < 4.78 is 23.8. The zero-order valence-corrected chi connectivity index (χ0v) is 9.98. The Kier molecular flexibility index (Phi) is 3.66. The minimum Gasteiger partial charge on any atom is -0.490 e. The van der Waals surface area contributed by atoms with Gasteiger partial charge in [-0.3, -0.25) is 0 Å². The van der Waals surface area contributed by atoms with Gasteiger partial charge in [0.2, 0.25) is 0 Å². The van der Waals surface area contributed by atoms with Crippen molar-refractivity contribution in [1.29, 1.82) is 0 Å². The fourth-order valence-electron chi connectivity index (χ4n) is 1.68. The number of ether oxygens (including phenoxy) is 2. The second-order valence-corrected chi connectivity index (χ2v) is 4.19. The van der Waals surface area contributed by atoms with E-state index in [2.05, 4.69) is 5.32 Å². The zero-order chi connectivity index (χ0) is 13.1. The van der Waals surface area contributed by atoms with Crippen molar-refractivity contribution in [2.24, 2.45) is 5.73 Å². The molecule has 5 nitrogen and oxygen atoms in total. The number of carbonyl (C=O) groups excluding carboxylic acids is 1. The summed E-state index contributed by atoms with van der Waals surface area (Å²) in [6.07, 6.45) is -0.796. The maximum Gasteiger partial charge on any atom is 0.407 e. The van der Waals surface area contributed by atoms with Gasteiger partial charge in [0.05, 0.1) is 6.54 Å². The molecule has 2 rings (SSSR count). The van der Waals surface area contributed by atoms with Crippen LogP contribution < -0.4 is 15.8 Å². The number of hydrogen-bond donors (Lipinski definition) is 2. The van der Waals surface area contributed by atoms with Crippen LogP contribution in [0.4, 0.5) is 9.18 Å². The van der Waals surface area contributed by atoms with Crippen LogP contribution in [0.5, 0.6) is 5.75 Å². The smallest absolute Gasteiger partial charge is 0.407 e. The second kappa shape index (κ2) is 5.22. The SMILES string of the molecule is C[C@@H](N)c1ccc(OCC2CNC(=O)O2)cc1F. The normalized spacial score (nSPS) is 20.2. The highest BCUT2D eigenvalue weighted by atomic mass is 19.1. The number of hydrogen-bond acceptors (Lipinski definition) is 4. The third kappa shape index (κ3) is 2.89. The van der Waals surface area contributed by atoms with Crippen molar-refractivity contribution < 1.29 is 18.7 Å². The van der Waals surface area contributed by atoms with Crippen LogP contribution in [-0.2, 0) is 4.74 Å². The number of nitrogens with one attached hydrogen (secondary N) is 1. The van der Waals surface area contributed by atoms with Crippen LogP contribution in [0.3, 0.4) is 0 Å². The van der Waals surface area contributed by atoms with E-state index in [4.69, 9.17) is 15.2 Å². The Morgan fingerprint density at radius 3 is 3.00 bits per heavy atom. The van der Waals surface area contributed by atoms with Crippen molar-refractivity contribution in [2.45, 2.75) is 19.1 Å². The Morgan fingerprint density at radius 1 is 1.67 bits per heavy atom. The van der Waals surface area contributed by atoms with E-state index in [9.17, 15) is 9.18 Å². The molecule has 6 heteroatoms. The Bertz CT molecular complexity index is 451. The van der Waals surface area contributed by atoms with Crippen LogP contribution in [0.1, 0.15) is 18.5 Å². The van der Waals surface area contributed by atoms with Crippen LogP contribution >= 0.6 is 0 Å². The van der Waals surface area contributed by atoms with Crippen molar-refractivity contribution in [3.05, 3.63) is 29.6 Å². The van der Waals surface area contributed by atoms with Crippen molar-refractivity contribution >= 4 is 6.09 Å². The molecule has 1 heterocycles. The lowest BCUT2D eigenvalue weighted by Crippen LogP contribution is -2.22. The molecule has 1 saturated heterocycles. The molecule has 1 aromatic rings. The standard InChI is InChI=1S/C12H15FN2O3/c1-7(14)10-3-2-8(4-11(10)13)17-6-9-5-15-12(16)18-9/h2-4,7,9H,5-6,14H2,1H3,(H,15,16)/t7-,9?/m1/s1. The van der Waals surface area contributed by atoms with E-state index < -0.39 is 11.9 Å². The molecule has 1 fully saturated rings. The van der Waals surface area contributed by atoms with Gasteiger partial charge >= 0.3 is 6.09 Å². The van der Waals surface area contributed by atoms with E-state index in [0.717, 1.165) is 0 Å². The van der Waals surface area contributed by atoms with Crippen LogP contribution in [0, 0.1) is 5.82 Å². The van der Waals surface area contributed by atoms with Crippen molar-refractivity contribution in [3.8, 4) is 5.75 Å². The minimum atomic E-state index is -0.456. The molecule has 98 valence electrons. The number of nitrogens with two attached hydrogens (primary N) is 1. The Balaban J connectivity index is 1.94. The second-order valence-electron chi connectivity index (χ2n) is 4.19. The third-order valence-electron chi connectivity index (χ3n) is 2.65. The molecule has 3 N–H and O–H groups in total. The van der Waals surface area contributed by atoms with E-state index in [1.165, 1.54) is 6.07 Å². The highest BCUT2D eigenvalue weighted by molar-refractivity contribution is 5.69. The molecule has 1 unspecified atom stereocenters. The minimum absolute atomic E-state index is 0.190. The van der Waals surface area contributed by atoms with Crippen LogP contribution in [-0.4, -0.2) is 25.3 Å². The highest BCUT2D eigenvalue weighted by Crippen LogP contribution is 2.21. The van der Waals surface area contributed by atoms with Gasteiger partial charge in [-0.15, -0.1) is 0 Å². The molecule has 0 spiro atoms. The Morgan fingerprint density at radius 2 is 2.44 bits per heavy atom. The maximum atomic E-state index is 13.6. The summed E-state index contributed by atoms with van der Waals surface area (Å²) in [4.78, 5) is 10.8. The summed E-state index contributed by atoms with van der Waals surface area (Å²) in [5, 5.41) is 2.51. The number of halogens is 1. The van der Waals surface area contributed by atoms with Gasteiger partial charge < -0.3 is 20.5 Å². The quantitative estimate of drug-likeness (QED) is 0.850. The van der Waals surface area contributed by atoms with E-state index in [0.29, 0.717) is 17.9 Å². The molecule has 1 aliphatic rings. The highest BCUT2D eigenvalue weighted by Gasteiger charge is 2.23. The number of carbonyl (C=O) groups is 1. The van der Waals surface area contributed by atoms with Gasteiger partial charge in [0, 0.05) is 17.7 Å². The zero-order valence-electron chi connectivity index (χ0n) is 9.98. The number of rotatable bonds is 4. The van der Waals surface area contributed by atoms with Crippen molar-refractivity contribution in [3.63, 3.8) is 0 Å². The average molecular weight is 254 g/mol. The predicted molar refractivity (Wildman–Crippen MR) is 62.8 cm³/mol. The predicted octanol–water partition coefficient (Wildman–Crippen LogP) is 1.33. The van der Waals surface area contributed by atoms with E-state index >= 15 is 0 Å². The molecule has 2 atom stereocenters. The van der Waals surface area contributed by atoms with Crippen LogP contribution in [0.2, 0.25) is 0 Å². The number of benzene rings is 1. The number of cyclic esters (lactones) is 1. The van der Waals surface area contributed by atoms with Gasteiger partial charge in [0.1, 0.15) is 18.2 Å². The molecule has 0 bridgehead atoms. The Hall–Kier alpha value is -1.82. The summed E-state index contributed by atoms with van der Waals surface area (Å²) >= 11 is 0. The lowest BCUT2D eigenvalue weighted by atomic mass is 10.1. The summed E-state index contributed by atoms with van der Waals surface area (Å²) in [5.74, 6) is -0.0103. The van der Waals surface area contributed by atoms with E-state index in [1.807, 2.05) is 0 Å². The lowest BCUT2D eigenvalue weighted by molar-refractivity contribution is 0.104. The topological polar surface area (TPSA) is 73.6 Å². The first kappa shape index (κ1) is 12.6. The van der Waals surface area contributed by atoms with Gasteiger partial charge in [0.25, 0.3) is 0 Å². The molecule has 0 aromatic heterocycles. The molecular weight excluding hydrogens is 239 g/mol. The van der Waals surface area contributed by atoms with Crippen molar-refractivity contribution in [2.75, 3.05) is 13.2 Å². The number of amides is 1. The van der Waals surface area contributed by atoms with Crippen molar-refractivity contribution in [1.82, 2.24) is 5.32 Å². The number of alkyl carbamates (subject to hydrolysis) is 1. The monoisotopic (exact) mass is 254 g/mol. The molecule has 18 heavy (non-hydrogen) atoms. The van der Waals surface area contributed by atoms with Crippen LogP contribution in [0.15, 0.2) is 18.2 Å². The van der Waals surface area contributed by atoms with E-state index in [1.54, 1.807) is 19.1 Å². The maximum absolute atomic E-state index is 13.6. The van der Waals surface area contributed by atoms with Gasteiger partial charge in [0.15, 0.2) is 6.10 Å². The van der Waals surface area contributed by atoms with Gasteiger partial charge in [-0.2, -0.15) is 0 Å². The largest absolute Gasteiger partial charge is 0.490 e. The molecule has 1 amide bonds. The molecule has 0 radical (unpaired) electrons.